The molecule has 1 atom stereocenters. The molecule has 1 heterocycles. The zero-order valence-corrected chi connectivity index (χ0v) is 8.95. The maximum Gasteiger partial charge on any atom is 0.175 e. The lowest BCUT2D eigenvalue weighted by Crippen LogP contribution is -2.41. The van der Waals surface area contributed by atoms with Crippen LogP contribution in [-0.2, 0) is 9.53 Å². The van der Waals surface area contributed by atoms with E-state index < -0.39 is 0 Å². The largest absolute Gasteiger partial charge is 0.381 e. The van der Waals surface area contributed by atoms with Gasteiger partial charge in [-0.25, -0.2) is 0 Å². The topological polar surface area (TPSA) is 52.3 Å². The lowest BCUT2D eigenvalue weighted by atomic mass is 9.87. The van der Waals surface area contributed by atoms with Gasteiger partial charge in [-0.05, 0) is 38.2 Å². The quantitative estimate of drug-likeness (QED) is 0.693. The third-order valence-corrected chi connectivity index (χ3v) is 2.90. The third kappa shape index (κ3) is 2.66. The molecule has 0 unspecified atom stereocenters. The molecule has 2 N–H and O–H groups in total. The third-order valence-electron chi connectivity index (χ3n) is 2.90. The molecule has 0 saturated carbocycles. The Labute approximate surface area is 85.3 Å². The zero-order chi connectivity index (χ0) is 10.6. The van der Waals surface area contributed by atoms with Gasteiger partial charge in [0.2, 0.25) is 0 Å². The maximum absolute atomic E-state index is 11.7. The Hall–Kier alpha value is -0.670. The van der Waals surface area contributed by atoms with Crippen molar-refractivity contribution < 1.29 is 9.53 Å². The molecule has 1 rings (SSSR count). The predicted molar refractivity (Wildman–Crippen MR) is 56.0 cm³/mol. The second-order valence-corrected chi connectivity index (χ2v) is 3.81. The molecule has 0 aliphatic carbocycles. The maximum atomic E-state index is 11.7. The van der Waals surface area contributed by atoms with E-state index in [1.54, 1.807) is 0 Å². The van der Waals surface area contributed by atoms with Crippen LogP contribution >= 0.6 is 0 Å². The van der Waals surface area contributed by atoms with Crippen LogP contribution in [0.1, 0.15) is 26.7 Å². The minimum absolute atomic E-state index is 0.0828. The van der Waals surface area contributed by atoms with Crippen molar-refractivity contribution in [2.24, 2.45) is 11.7 Å². The molecule has 3 nitrogen and oxygen atoms in total. The molecule has 1 aliphatic heterocycles. The van der Waals surface area contributed by atoms with Crippen LogP contribution < -0.4 is 5.73 Å². The number of allylic oxidation sites excluding steroid dienone is 1. The van der Waals surface area contributed by atoms with E-state index in [9.17, 15) is 4.79 Å². The highest BCUT2D eigenvalue weighted by Crippen LogP contribution is 2.19. The summed E-state index contributed by atoms with van der Waals surface area (Å²) in [5, 5.41) is 0. The minimum atomic E-state index is -0.338. The second kappa shape index (κ2) is 5.27. The second-order valence-electron chi connectivity index (χ2n) is 3.81. The van der Waals surface area contributed by atoms with Gasteiger partial charge in [0.15, 0.2) is 5.78 Å². The summed E-state index contributed by atoms with van der Waals surface area (Å²) in [5.41, 5.74) is 6.69. The molecular weight excluding hydrogens is 178 g/mol. The number of ether oxygens (including phenoxy) is 1. The molecule has 0 radical (unpaired) electrons. The van der Waals surface area contributed by atoms with E-state index in [0.29, 0.717) is 5.92 Å². The van der Waals surface area contributed by atoms with Gasteiger partial charge in [-0.3, -0.25) is 4.79 Å². The highest BCUT2D eigenvalue weighted by molar-refractivity contribution is 5.98. The van der Waals surface area contributed by atoms with Crippen molar-refractivity contribution in [3.05, 3.63) is 11.6 Å². The van der Waals surface area contributed by atoms with Crippen molar-refractivity contribution in [2.75, 3.05) is 13.2 Å². The molecular formula is C11H19NO2. The van der Waals surface area contributed by atoms with Gasteiger partial charge in [-0.1, -0.05) is 6.08 Å². The number of carbonyl (C=O) groups is 1. The van der Waals surface area contributed by atoms with Crippen molar-refractivity contribution in [1.82, 2.24) is 0 Å². The van der Waals surface area contributed by atoms with Gasteiger partial charge in [0.25, 0.3) is 0 Å². The predicted octanol–water partition coefficient (Wildman–Crippen LogP) is 1.28. The molecule has 0 spiro atoms. The summed E-state index contributed by atoms with van der Waals surface area (Å²) in [6, 6.07) is -0.338. The van der Waals surface area contributed by atoms with Gasteiger partial charge in [-0.2, -0.15) is 0 Å². The summed E-state index contributed by atoms with van der Waals surface area (Å²) in [5.74, 6) is 0.380. The smallest absolute Gasteiger partial charge is 0.175 e. The number of carbonyl (C=O) groups excluding carboxylic acids is 1. The average molecular weight is 197 g/mol. The van der Waals surface area contributed by atoms with E-state index in [4.69, 9.17) is 10.5 Å². The Bertz CT molecular complexity index is 229. The van der Waals surface area contributed by atoms with Gasteiger partial charge >= 0.3 is 0 Å². The van der Waals surface area contributed by atoms with Gasteiger partial charge < -0.3 is 10.5 Å². The van der Waals surface area contributed by atoms with Gasteiger partial charge in [0.1, 0.15) is 0 Å². The molecule has 1 fully saturated rings. The molecule has 14 heavy (non-hydrogen) atoms. The first-order valence-electron chi connectivity index (χ1n) is 5.17. The van der Waals surface area contributed by atoms with Crippen molar-refractivity contribution in [3.63, 3.8) is 0 Å². The normalized spacial score (nSPS) is 22.1. The van der Waals surface area contributed by atoms with Crippen LogP contribution in [0.15, 0.2) is 11.6 Å². The zero-order valence-electron chi connectivity index (χ0n) is 8.95. The van der Waals surface area contributed by atoms with E-state index >= 15 is 0 Å². The van der Waals surface area contributed by atoms with Crippen molar-refractivity contribution in [1.29, 1.82) is 0 Å². The minimum Gasteiger partial charge on any atom is -0.381 e. The lowest BCUT2D eigenvalue weighted by molar-refractivity contribution is -0.118. The van der Waals surface area contributed by atoms with Crippen LogP contribution in [0.2, 0.25) is 0 Å². The van der Waals surface area contributed by atoms with Gasteiger partial charge in [-0.15, -0.1) is 0 Å². The SMILES string of the molecule is CC=C(C)C(=O)[C@@H](N)C1CCOCC1. The van der Waals surface area contributed by atoms with Crippen LogP contribution in [0.3, 0.4) is 0 Å². The summed E-state index contributed by atoms with van der Waals surface area (Å²) in [6.07, 6.45) is 3.63. The number of Topliss-reactive ketones (excluding diaryl/α,β-unsaturated/α-hetero) is 1. The molecule has 0 aromatic heterocycles. The Morgan fingerprint density at radius 1 is 1.50 bits per heavy atom. The van der Waals surface area contributed by atoms with E-state index in [2.05, 4.69) is 0 Å². The first-order chi connectivity index (χ1) is 6.66. The molecule has 0 aromatic rings. The summed E-state index contributed by atoms with van der Waals surface area (Å²) in [7, 11) is 0. The fraction of sp³-hybridized carbons (Fsp3) is 0.727. The summed E-state index contributed by atoms with van der Waals surface area (Å²) < 4.78 is 5.23. The fourth-order valence-corrected chi connectivity index (χ4v) is 1.69. The van der Waals surface area contributed by atoms with E-state index in [-0.39, 0.29) is 11.8 Å². The number of hydrogen-bond acceptors (Lipinski definition) is 3. The highest BCUT2D eigenvalue weighted by atomic mass is 16.5. The lowest BCUT2D eigenvalue weighted by Gasteiger charge is -2.26. The number of nitrogens with two attached hydrogens (primary N) is 1. The summed E-state index contributed by atoms with van der Waals surface area (Å²) in [6.45, 7) is 5.16. The Morgan fingerprint density at radius 2 is 2.07 bits per heavy atom. The molecule has 1 saturated heterocycles. The van der Waals surface area contributed by atoms with Crippen LogP contribution in [0, 0.1) is 5.92 Å². The standard InChI is InChI=1S/C11H19NO2/c1-3-8(2)11(13)10(12)9-4-6-14-7-5-9/h3,9-10H,4-7,12H2,1-2H3/t10-/m0/s1. The molecule has 0 aromatic carbocycles. The van der Waals surface area contributed by atoms with E-state index in [0.717, 1.165) is 31.6 Å². The number of ketones is 1. The van der Waals surface area contributed by atoms with Crippen molar-refractivity contribution in [3.8, 4) is 0 Å². The van der Waals surface area contributed by atoms with Crippen LogP contribution in [0.4, 0.5) is 0 Å². The Kier molecular flexibility index (Phi) is 4.29. The number of rotatable bonds is 3. The van der Waals surface area contributed by atoms with E-state index in [1.165, 1.54) is 0 Å². The monoisotopic (exact) mass is 197 g/mol. The molecule has 80 valence electrons. The molecule has 0 amide bonds. The first-order valence-corrected chi connectivity index (χ1v) is 5.17. The van der Waals surface area contributed by atoms with Gasteiger partial charge in [0.05, 0.1) is 6.04 Å². The summed E-state index contributed by atoms with van der Waals surface area (Å²) >= 11 is 0. The van der Waals surface area contributed by atoms with Crippen LogP contribution in [-0.4, -0.2) is 25.0 Å². The highest BCUT2D eigenvalue weighted by Gasteiger charge is 2.26. The molecule has 1 aliphatic rings. The summed E-state index contributed by atoms with van der Waals surface area (Å²) in [4.78, 5) is 11.7. The Balaban J connectivity index is 2.54. The first kappa shape index (κ1) is 11.4. The Morgan fingerprint density at radius 3 is 2.57 bits per heavy atom. The van der Waals surface area contributed by atoms with Gasteiger partial charge in [0, 0.05) is 13.2 Å². The van der Waals surface area contributed by atoms with Crippen molar-refractivity contribution >= 4 is 5.78 Å². The number of hydrogen-bond donors (Lipinski definition) is 1. The van der Waals surface area contributed by atoms with Crippen molar-refractivity contribution in [2.45, 2.75) is 32.7 Å². The van der Waals surface area contributed by atoms with Crippen LogP contribution in [0.25, 0.3) is 0 Å². The van der Waals surface area contributed by atoms with E-state index in [1.807, 2.05) is 19.9 Å². The molecule has 3 heteroatoms. The molecule has 0 bridgehead atoms. The average Bonchev–Trinajstić information content (AvgIpc) is 2.27. The van der Waals surface area contributed by atoms with Crippen LogP contribution in [0.5, 0.6) is 0 Å². The fourth-order valence-electron chi connectivity index (χ4n) is 1.69.